The Morgan fingerprint density at radius 1 is 1.39 bits per heavy atom. The van der Waals surface area contributed by atoms with Gasteiger partial charge in [-0.2, -0.15) is 0 Å². The van der Waals surface area contributed by atoms with E-state index in [-0.39, 0.29) is 16.7 Å². The first-order valence-electron chi connectivity index (χ1n) is 10.3. The van der Waals surface area contributed by atoms with Gasteiger partial charge in [-0.3, -0.25) is 14.2 Å². The van der Waals surface area contributed by atoms with Crippen LogP contribution in [0.4, 0.5) is 0 Å². The first-order chi connectivity index (χ1) is 13.3. The number of carbonyl (C=O) groups excluding carboxylic acids is 1. The van der Waals surface area contributed by atoms with Crippen LogP contribution in [0.25, 0.3) is 10.2 Å². The number of nitrogens with zero attached hydrogens (tertiary/aromatic N) is 2. The van der Waals surface area contributed by atoms with Gasteiger partial charge in [-0.25, -0.2) is 4.98 Å². The van der Waals surface area contributed by atoms with E-state index in [1.54, 1.807) is 11.3 Å². The van der Waals surface area contributed by atoms with Crippen molar-refractivity contribution in [1.29, 1.82) is 0 Å². The van der Waals surface area contributed by atoms with Crippen molar-refractivity contribution in [3.63, 3.8) is 0 Å². The highest BCUT2D eigenvalue weighted by atomic mass is 32.2. The molecule has 154 valence electrons. The summed E-state index contributed by atoms with van der Waals surface area (Å²) in [7, 11) is 0. The maximum absolute atomic E-state index is 13.5. The van der Waals surface area contributed by atoms with Crippen LogP contribution in [0.1, 0.15) is 57.9 Å². The summed E-state index contributed by atoms with van der Waals surface area (Å²) in [5, 5.41) is 4.07. The fraction of sp³-hybridized carbons (Fsp3) is 0.667. The third-order valence-electron chi connectivity index (χ3n) is 5.31. The van der Waals surface area contributed by atoms with Gasteiger partial charge in [-0.05, 0) is 56.9 Å². The molecular weight excluding hydrogens is 390 g/mol. The summed E-state index contributed by atoms with van der Waals surface area (Å²) in [4.78, 5) is 32.8. The van der Waals surface area contributed by atoms with Crippen molar-refractivity contribution < 1.29 is 4.79 Å². The minimum absolute atomic E-state index is 0.0171. The average Bonchev–Trinajstić information content (AvgIpc) is 2.98. The SMILES string of the molecule is CCNC(=O)[C@H](C)Sc1nc2sc3c(c2c(=O)n1CCC(C)C)CC[C@H](C)C3. The molecule has 2 atom stereocenters. The molecule has 2 aromatic rings. The Morgan fingerprint density at radius 2 is 2.14 bits per heavy atom. The van der Waals surface area contributed by atoms with Crippen LogP contribution in [0.5, 0.6) is 0 Å². The molecule has 0 bridgehead atoms. The Morgan fingerprint density at radius 3 is 2.82 bits per heavy atom. The molecule has 0 radical (unpaired) electrons. The molecule has 1 aliphatic carbocycles. The number of thioether (sulfide) groups is 1. The van der Waals surface area contributed by atoms with E-state index in [0.717, 1.165) is 35.9 Å². The lowest BCUT2D eigenvalue weighted by atomic mass is 9.89. The summed E-state index contributed by atoms with van der Waals surface area (Å²) < 4.78 is 1.81. The topological polar surface area (TPSA) is 64.0 Å². The molecule has 1 N–H and O–H groups in total. The van der Waals surface area contributed by atoms with Gasteiger partial charge in [0.1, 0.15) is 4.83 Å². The van der Waals surface area contributed by atoms with Crippen LogP contribution in [0.3, 0.4) is 0 Å². The lowest BCUT2D eigenvalue weighted by Crippen LogP contribution is -2.32. The summed E-state index contributed by atoms with van der Waals surface area (Å²) in [5.74, 6) is 1.14. The second kappa shape index (κ2) is 8.99. The monoisotopic (exact) mass is 421 g/mol. The van der Waals surface area contributed by atoms with Crippen molar-refractivity contribution in [1.82, 2.24) is 14.9 Å². The number of aryl methyl sites for hydroxylation is 1. The van der Waals surface area contributed by atoms with E-state index in [2.05, 4.69) is 26.1 Å². The number of rotatable bonds is 7. The maximum atomic E-state index is 13.5. The van der Waals surface area contributed by atoms with Crippen LogP contribution >= 0.6 is 23.1 Å². The lowest BCUT2D eigenvalue weighted by Gasteiger charge is -2.18. The van der Waals surface area contributed by atoms with Gasteiger partial charge >= 0.3 is 0 Å². The molecule has 2 aromatic heterocycles. The number of amides is 1. The molecule has 0 saturated carbocycles. The molecule has 28 heavy (non-hydrogen) atoms. The largest absolute Gasteiger partial charge is 0.355 e. The molecular formula is C21H31N3O2S2. The number of hydrogen-bond acceptors (Lipinski definition) is 5. The molecule has 5 nitrogen and oxygen atoms in total. The quantitative estimate of drug-likeness (QED) is 0.536. The van der Waals surface area contributed by atoms with Crippen LogP contribution in [0.15, 0.2) is 9.95 Å². The number of fused-ring (bicyclic) bond motifs is 3. The van der Waals surface area contributed by atoms with Gasteiger partial charge in [0.15, 0.2) is 5.16 Å². The van der Waals surface area contributed by atoms with Crippen molar-refractivity contribution >= 4 is 39.2 Å². The standard InChI is InChI=1S/C21H31N3O2S2/c1-6-22-18(25)14(5)27-21-23-19-17(20(26)24(21)10-9-12(2)3)15-8-7-13(4)11-16(15)28-19/h12-14H,6-11H2,1-5H3,(H,22,25)/t13-,14-/m0/s1. The minimum atomic E-state index is -0.288. The van der Waals surface area contributed by atoms with E-state index in [1.807, 2.05) is 18.4 Å². The third-order valence-corrected chi connectivity index (χ3v) is 7.55. The first kappa shape index (κ1) is 21.4. The molecule has 0 aliphatic heterocycles. The Labute approximate surface area is 175 Å². The minimum Gasteiger partial charge on any atom is -0.355 e. The predicted molar refractivity (Wildman–Crippen MR) is 119 cm³/mol. The Balaban J connectivity index is 2.06. The van der Waals surface area contributed by atoms with Gasteiger partial charge in [0, 0.05) is 18.0 Å². The van der Waals surface area contributed by atoms with Crippen molar-refractivity contribution in [2.24, 2.45) is 11.8 Å². The highest BCUT2D eigenvalue weighted by Crippen LogP contribution is 2.37. The van der Waals surface area contributed by atoms with Gasteiger partial charge in [-0.1, -0.05) is 32.5 Å². The fourth-order valence-electron chi connectivity index (χ4n) is 3.61. The molecule has 0 fully saturated rings. The molecule has 1 aliphatic rings. The molecule has 3 rings (SSSR count). The number of nitrogens with one attached hydrogen (secondary N) is 1. The number of carbonyl (C=O) groups is 1. The highest BCUT2D eigenvalue weighted by molar-refractivity contribution is 8.00. The molecule has 7 heteroatoms. The number of aromatic nitrogens is 2. The summed E-state index contributed by atoms with van der Waals surface area (Å²) in [6.45, 7) is 11.6. The van der Waals surface area contributed by atoms with Crippen LogP contribution in [0, 0.1) is 11.8 Å². The van der Waals surface area contributed by atoms with E-state index in [4.69, 9.17) is 4.98 Å². The Kier molecular flexibility index (Phi) is 6.86. The molecule has 0 saturated heterocycles. The van der Waals surface area contributed by atoms with Crippen LogP contribution < -0.4 is 10.9 Å². The van der Waals surface area contributed by atoms with Crippen LogP contribution in [0.2, 0.25) is 0 Å². The highest BCUT2D eigenvalue weighted by Gasteiger charge is 2.26. The van der Waals surface area contributed by atoms with Gasteiger partial charge in [0.2, 0.25) is 5.91 Å². The van der Waals surface area contributed by atoms with E-state index in [1.165, 1.54) is 22.2 Å². The fourth-order valence-corrected chi connectivity index (χ4v) is 5.99. The molecule has 0 aromatic carbocycles. The van der Waals surface area contributed by atoms with Gasteiger partial charge < -0.3 is 5.32 Å². The van der Waals surface area contributed by atoms with Crippen molar-refractivity contribution in [3.05, 3.63) is 20.8 Å². The van der Waals surface area contributed by atoms with Crippen LogP contribution in [-0.2, 0) is 24.2 Å². The van der Waals surface area contributed by atoms with E-state index in [9.17, 15) is 9.59 Å². The van der Waals surface area contributed by atoms with Gasteiger partial charge in [-0.15, -0.1) is 11.3 Å². The Bertz CT molecular complexity index is 916. The zero-order valence-electron chi connectivity index (χ0n) is 17.5. The van der Waals surface area contributed by atoms with E-state index < -0.39 is 0 Å². The molecule has 2 heterocycles. The molecule has 1 amide bonds. The second-order valence-corrected chi connectivity index (χ2v) is 10.6. The zero-order valence-corrected chi connectivity index (χ0v) is 19.1. The number of hydrogen-bond donors (Lipinski definition) is 1. The van der Waals surface area contributed by atoms with Crippen molar-refractivity contribution in [2.75, 3.05) is 6.54 Å². The van der Waals surface area contributed by atoms with E-state index in [0.29, 0.717) is 30.1 Å². The summed E-state index contributed by atoms with van der Waals surface area (Å²) in [5.41, 5.74) is 1.30. The van der Waals surface area contributed by atoms with Gasteiger partial charge in [0.05, 0.1) is 10.6 Å². The average molecular weight is 422 g/mol. The second-order valence-electron chi connectivity index (χ2n) is 8.22. The normalized spacial score (nSPS) is 17.7. The smallest absolute Gasteiger partial charge is 0.263 e. The summed E-state index contributed by atoms with van der Waals surface area (Å²) >= 11 is 3.06. The van der Waals surface area contributed by atoms with Crippen molar-refractivity contribution in [3.8, 4) is 0 Å². The predicted octanol–water partition coefficient (Wildman–Crippen LogP) is 4.25. The third kappa shape index (κ3) is 4.46. The molecule has 0 spiro atoms. The lowest BCUT2D eigenvalue weighted by molar-refractivity contribution is -0.120. The summed E-state index contributed by atoms with van der Waals surface area (Å²) in [6, 6.07) is 0. The Hall–Kier alpha value is -1.34. The zero-order chi connectivity index (χ0) is 20.4. The van der Waals surface area contributed by atoms with Crippen LogP contribution in [-0.4, -0.2) is 27.3 Å². The first-order valence-corrected chi connectivity index (χ1v) is 12.0. The number of thiophene rings is 1. The maximum Gasteiger partial charge on any atom is 0.263 e. The van der Waals surface area contributed by atoms with Crippen molar-refractivity contribution in [2.45, 2.75) is 77.3 Å². The summed E-state index contributed by atoms with van der Waals surface area (Å²) in [6.07, 6.45) is 4.06. The van der Waals surface area contributed by atoms with E-state index >= 15 is 0 Å². The molecule has 0 unspecified atom stereocenters. The van der Waals surface area contributed by atoms with Gasteiger partial charge in [0.25, 0.3) is 5.56 Å².